The second-order valence-corrected chi connectivity index (χ2v) is 13.1. The molecular weight excluding hydrogens is 698 g/mol. The molecule has 0 fully saturated rings. The van der Waals surface area contributed by atoms with Gasteiger partial charge in [-0.25, -0.2) is 4.68 Å². The van der Waals surface area contributed by atoms with E-state index in [1.165, 1.54) is 12.1 Å². The zero-order valence-electron chi connectivity index (χ0n) is 31.1. The number of unbranched alkanes of at least 4 members (excludes halogenated alkanes) is 1. The highest BCUT2D eigenvalue weighted by Gasteiger charge is 2.09. The van der Waals surface area contributed by atoms with Crippen molar-refractivity contribution < 1.29 is 33.3 Å². The maximum atomic E-state index is 12.6. The molecule has 6 aromatic rings. The van der Waals surface area contributed by atoms with Gasteiger partial charge in [0.25, 0.3) is 0 Å². The van der Waals surface area contributed by atoms with Crippen LogP contribution in [0.4, 0.5) is 0 Å². The van der Waals surface area contributed by atoms with Crippen molar-refractivity contribution in [3.05, 3.63) is 141 Å². The Morgan fingerprint density at radius 2 is 1.47 bits per heavy atom. The summed E-state index contributed by atoms with van der Waals surface area (Å²) >= 11 is 0. The van der Waals surface area contributed by atoms with Crippen molar-refractivity contribution in [1.82, 2.24) is 15.0 Å². The van der Waals surface area contributed by atoms with Gasteiger partial charge in [0.1, 0.15) is 35.2 Å². The lowest BCUT2D eigenvalue weighted by molar-refractivity contribution is 0.0333. The van der Waals surface area contributed by atoms with E-state index in [0.29, 0.717) is 68.7 Å². The van der Waals surface area contributed by atoms with Crippen molar-refractivity contribution in [2.45, 2.75) is 39.7 Å². The molecule has 0 unspecified atom stereocenters. The minimum Gasteiger partial charge on any atom is -0.507 e. The first-order valence-corrected chi connectivity index (χ1v) is 18.4. The second-order valence-electron chi connectivity index (χ2n) is 13.1. The third kappa shape index (κ3) is 11.5. The Kier molecular flexibility index (Phi) is 13.6. The van der Waals surface area contributed by atoms with Crippen LogP contribution < -0.4 is 14.9 Å². The van der Waals surface area contributed by atoms with Crippen LogP contribution in [0.2, 0.25) is 0 Å². The molecule has 1 N–H and O–H groups in total. The Morgan fingerprint density at radius 3 is 2.25 bits per heavy atom. The molecule has 2 aromatic heterocycles. The summed E-state index contributed by atoms with van der Waals surface area (Å²) in [5.74, 6) is 1.72. The summed E-state index contributed by atoms with van der Waals surface area (Å²) in [5, 5.41) is 19.1. The molecule has 0 saturated heterocycles. The van der Waals surface area contributed by atoms with Gasteiger partial charge in [0.2, 0.25) is 0 Å². The van der Waals surface area contributed by atoms with E-state index < -0.39 is 0 Å². The lowest BCUT2D eigenvalue weighted by Crippen LogP contribution is -2.13. The van der Waals surface area contributed by atoms with Crippen LogP contribution in [0.25, 0.3) is 28.4 Å². The molecule has 284 valence electrons. The topological polar surface area (TPSA) is 135 Å². The van der Waals surface area contributed by atoms with E-state index in [4.69, 9.17) is 23.4 Å². The number of carbonyl (C=O) groups is 1. The SMILES string of the molecule is Cc1ccc(C(=O)/C=C/c2ccc(OCCCCc3cn(CCOCCOCCOc4ccc(-c5cc(=O)c6cc(C)ccc6o5)cc4)nn3)cc2)c(O)c1. The van der Waals surface area contributed by atoms with Crippen LogP contribution in [0.5, 0.6) is 17.2 Å². The molecule has 0 amide bonds. The number of fused-ring (bicyclic) bond motifs is 1. The summed E-state index contributed by atoms with van der Waals surface area (Å²) in [6.07, 6.45) is 7.72. The van der Waals surface area contributed by atoms with Crippen LogP contribution in [0, 0.1) is 13.8 Å². The lowest BCUT2D eigenvalue weighted by atomic mass is 10.1. The van der Waals surface area contributed by atoms with Gasteiger partial charge in [0.15, 0.2) is 11.2 Å². The highest BCUT2D eigenvalue weighted by atomic mass is 16.5. The normalized spacial score (nSPS) is 11.4. The van der Waals surface area contributed by atoms with Gasteiger partial charge >= 0.3 is 0 Å². The van der Waals surface area contributed by atoms with E-state index in [-0.39, 0.29) is 22.5 Å². The number of ether oxygens (including phenoxy) is 4. The first-order chi connectivity index (χ1) is 26.8. The van der Waals surface area contributed by atoms with Crippen LogP contribution in [-0.2, 0) is 22.4 Å². The van der Waals surface area contributed by atoms with Crippen molar-refractivity contribution >= 4 is 22.8 Å². The average Bonchev–Trinajstić information content (AvgIpc) is 3.64. The van der Waals surface area contributed by atoms with Crippen LogP contribution >= 0.6 is 0 Å². The van der Waals surface area contributed by atoms with Gasteiger partial charge in [0.05, 0.1) is 56.2 Å². The summed E-state index contributed by atoms with van der Waals surface area (Å²) in [7, 11) is 0. The summed E-state index contributed by atoms with van der Waals surface area (Å²) in [6.45, 7) is 7.24. The number of aryl methyl sites for hydroxylation is 3. The van der Waals surface area contributed by atoms with Gasteiger partial charge in [-0.2, -0.15) is 0 Å². The number of carbonyl (C=O) groups excluding carboxylic acids is 1. The Bertz CT molecular complexity index is 2260. The van der Waals surface area contributed by atoms with Gasteiger partial charge in [-0.15, -0.1) is 5.10 Å². The highest BCUT2D eigenvalue weighted by molar-refractivity contribution is 6.08. The number of benzene rings is 4. The molecule has 0 spiro atoms. The minimum absolute atomic E-state index is 0.0144. The number of ketones is 1. The third-order valence-electron chi connectivity index (χ3n) is 8.76. The predicted molar refractivity (Wildman–Crippen MR) is 211 cm³/mol. The molecule has 0 atom stereocenters. The van der Waals surface area contributed by atoms with Crippen LogP contribution in [0.1, 0.15) is 45.6 Å². The molecule has 11 heteroatoms. The molecule has 0 radical (unpaired) electrons. The van der Waals surface area contributed by atoms with E-state index >= 15 is 0 Å². The number of phenols is 1. The summed E-state index contributed by atoms with van der Waals surface area (Å²) < 4.78 is 30.7. The maximum Gasteiger partial charge on any atom is 0.193 e. The second kappa shape index (κ2) is 19.3. The fraction of sp³-hybridized carbons (Fsp3) is 0.273. The quantitative estimate of drug-likeness (QED) is 0.0469. The van der Waals surface area contributed by atoms with Crippen LogP contribution in [-0.4, -0.2) is 65.5 Å². The fourth-order valence-electron chi connectivity index (χ4n) is 5.77. The van der Waals surface area contributed by atoms with Gasteiger partial charge in [-0.05, 0) is 111 Å². The molecule has 11 nitrogen and oxygen atoms in total. The smallest absolute Gasteiger partial charge is 0.193 e. The molecule has 4 aromatic carbocycles. The molecule has 0 aliphatic heterocycles. The van der Waals surface area contributed by atoms with Gasteiger partial charge in [-0.3, -0.25) is 9.59 Å². The van der Waals surface area contributed by atoms with E-state index in [9.17, 15) is 14.7 Å². The maximum absolute atomic E-state index is 12.6. The first-order valence-electron chi connectivity index (χ1n) is 18.4. The zero-order chi connectivity index (χ0) is 38.4. The van der Waals surface area contributed by atoms with Crippen LogP contribution in [0.15, 0.2) is 112 Å². The molecule has 0 saturated carbocycles. The number of aromatic hydroxyl groups is 1. The van der Waals surface area contributed by atoms with E-state index in [1.54, 1.807) is 29.0 Å². The number of rotatable bonds is 20. The summed E-state index contributed by atoms with van der Waals surface area (Å²) in [6, 6.07) is 27.1. The molecule has 6 rings (SSSR count). The number of nitrogens with zero attached hydrogens (tertiary/aromatic N) is 3. The molecule has 0 aliphatic carbocycles. The standard InChI is InChI=1S/C44H45N3O8/c1-31-7-19-43-39(27-31)42(50)29-44(55-43)34-11-15-37(16-12-34)54-26-25-52-24-23-51-22-20-47-30-35(45-46-47)5-3-4-21-53-36-13-8-33(9-14-36)10-18-40(48)38-17-6-32(2)28-41(38)49/h6-19,27-30,49H,3-5,20-26H2,1-2H3/b18-10+. The Morgan fingerprint density at radius 1 is 0.782 bits per heavy atom. The van der Waals surface area contributed by atoms with Crippen molar-refractivity contribution in [1.29, 1.82) is 0 Å². The van der Waals surface area contributed by atoms with Crippen LogP contribution in [0.3, 0.4) is 0 Å². The van der Waals surface area contributed by atoms with Gasteiger partial charge < -0.3 is 28.5 Å². The van der Waals surface area contributed by atoms with E-state index in [1.807, 2.05) is 86.8 Å². The van der Waals surface area contributed by atoms with Gasteiger partial charge in [-0.1, -0.05) is 41.1 Å². The van der Waals surface area contributed by atoms with Crippen molar-refractivity contribution in [2.24, 2.45) is 0 Å². The number of hydrogen-bond donors (Lipinski definition) is 1. The Labute approximate surface area is 319 Å². The Hall–Kier alpha value is -6.04. The van der Waals surface area contributed by atoms with Gasteiger partial charge in [0, 0.05) is 17.8 Å². The van der Waals surface area contributed by atoms with Crippen molar-refractivity contribution in [3.63, 3.8) is 0 Å². The number of aromatic nitrogens is 3. The first kappa shape index (κ1) is 38.7. The largest absolute Gasteiger partial charge is 0.507 e. The molecule has 0 bridgehead atoms. The molecule has 55 heavy (non-hydrogen) atoms. The monoisotopic (exact) mass is 743 g/mol. The summed E-state index contributed by atoms with van der Waals surface area (Å²) in [4.78, 5) is 25.0. The van der Waals surface area contributed by atoms with E-state index in [0.717, 1.165) is 53.0 Å². The molecule has 2 heterocycles. The highest BCUT2D eigenvalue weighted by Crippen LogP contribution is 2.25. The molecular formula is C44H45N3O8. The fourth-order valence-corrected chi connectivity index (χ4v) is 5.77. The Balaban J connectivity index is 0.782. The predicted octanol–water partition coefficient (Wildman–Crippen LogP) is 7.78. The third-order valence-corrected chi connectivity index (χ3v) is 8.76. The van der Waals surface area contributed by atoms with Crippen molar-refractivity contribution in [3.8, 4) is 28.6 Å². The lowest BCUT2D eigenvalue weighted by Gasteiger charge is -2.09. The zero-order valence-corrected chi connectivity index (χ0v) is 31.1. The number of phenolic OH excluding ortho intramolecular Hbond substituents is 1. The van der Waals surface area contributed by atoms with Crippen molar-refractivity contribution in [2.75, 3.05) is 39.6 Å². The minimum atomic E-state index is -0.250. The molecule has 0 aliphatic rings. The average molecular weight is 744 g/mol. The number of allylic oxidation sites excluding steroid dienone is 1. The van der Waals surface area contributed by atoms with E-state index in [2.05, 4.69) is 10.3 Å². The number of hydrogen-bond acceptors (Lipinski definition) is 10. The summed E-state index contributed by atoms with van der Waals surface area (Å²) in [5.41, 5.74) is 5.29.